The molecule has 4 aromatic rings. The van der Waals surface area contributed by atoms with Gasteiger partial charge in [-0.25, -0.2) is 15.0 Å². The summed E-state index contributed by atoms with van der Waals surface area (Å²) in [4.78, 5) is 23.9. The number of pyridine rings is 2. The number of nitrogens with one attached hydrogen (secondary N) is 1. The van der Waals surface area contributed by atoms with E-state index in [0.29, 0.717) is 24.9 Å². The molecule has 8 nitrogen and oxygen atoms in total. The predicted octanol–water partition coefficient (Wildman–Crippen LogP) is 3.63. The van der Waals surface area contributed by atoms with Crippen LogP contribution in [0.15, 0.2) is 60.0 Å². The van der Waals surface area contributed by atoms with Gasteiger partial charge < -0.3 is 20.4 Å². The molecule has 1 unspecified atom stereocenters. The first-order valence-electron chi connectivity index (χ1n) is 10.0. The normalized spacial score (nSPS) is 16.1. The molecule has 1 saturated heterocycles. The molecule has 0 aliphatic carbocycles. The minimum atomic E-state index is 0.260. The lowest BCUT2D eigenvalue weighted by atomic mass is 10.1. The van der Waals surface area contributed by atoms with Crippen LogP contribution < -0.4 is 10.6 Å². The van der Waals surface area contributed by atoms with Crippen LogP contribution in [0.1, 0.15) is 6.92 Å². The largest absolute Gasteiger partial charge is 0.384 e. The SMILES string of the molecule is CC1COCCN1c1cc(N)nc(-c2ccnc3[nH]ccc23)n1.CSc1cccnc1. The van der Waals surface area contributed by atoms with Crippen LogP contribution in [0.25, 0.3) is 22.4 Å². The van der Waals surface area contributed by atoms with Crippen LogP contribution >= 0.6 is 11.8 Å². The average Bonchev–Trinajstić information content (AvgIpc) is 3.29. The maximum atomic E-state index is 6.04. The molecule has 1 aliphatic rings. The zero-order valence-corrected chi connectivity index (χ0v) is 18.3. The van der Waals surface area contributed by atoms with Crippen molar-refractivity contribution < 1.29 is 4.74 Å². The third-order valence-corrected chi connectivity index (χ3v) is 5.68. The highest BCUT2D eigenvalue weighted by Gasteiger charge is 2.22. The number of aromatic nitrogens is 5. The average molecular weight is 436 g/mol. The van der Waals surface area contributed by atoms with E-state index in [-0.39, 0.29) is 6.04 Å². The number of fused-ring (bicyclic) bond motifs is 1. The second-order valence-corrected chi connectivity index (χ2v) is 7.96. The molecule has 0 aromatic carbocycles. The number of H-pyrrole nitrogens is 1. The highest BCUT2D eigenvalue weighted by atomic mass is 32.2. The lowest BCUT2D eigenvalue weighted by molar-refractivity contribution is 0.0985. The van der Waals surface area contributed by atoms with Gasteiger partial charge in [0, 0.05) is 53.2 Å². The maximum Gasteiger partial charge on any atom is 0.164 e. The zero-order chi connectivity index (χ0) is 21.6. The van der Waals surface area contributed by atoms with Crippen LogP contribution in [0, 0.1) is 0 Å². The number of hydrogen-bond acceptors (Lipinski definition) is 8. The van der Waals surface area contributed by atoms with Crippen LogP contribution in [0.2, 0.25) is 0 Å². The van der Waals surface area contributed by atoms with Crippen molar-refractivity contribution in [2.24, 2.45) is 0 Å². The molecule has 5 heterocycles. The number of nitrogens with two attached hydrogens (primary N) is 1. The third-order valence-electron chi connectivity index (χ3n) is 4.97. The molecule has 0 amide bonds. The Morgan fingerprint density at radius 3 is 2.87 bits per heavy atom. The number of thioether (sulfide) groups is 1. The van der Waals surface area contributed by atoms with E-state index in [9.17, 15) is 0 Å². The second-order valence-electron chi connectivity index (χ2n) is 7.08. The van der Waals surface area contributed by atoms with E-state index in [0.717, 1.165) is 29.0 Å². The minimum Gasteiger partial charge on any atom is -0.384 e. The summed E-state index contributed by atoms with van der Waals surface area (Å²) >= 11 is 1.71. The summed E-state index contributed by atoms with van der Waals surface area (Å²) in [7, 11) is 0. The van der Waals surface area contributed by atoms with Gasteiger partial charge in [0.25, 0.3) is 0 Å². The van der Waals surface area contributed by atoms with Crippen molar-refractivity contribution >= 4 is 34.4 Å². The topological polar surface area (TPSA) is 106 Å². The number of ether oxygens (including phenoxy) is 1. The summed E-state index contributed by atoms with van der Waals surface area (Å²) in [5.74, 6) is 1.92. The standard InChI is InChI=1S/C16H18N6O.C6H7NS/c1-10-9-23-7-6-22(10)14-8-13(17)20-16(21-14)12-3-5-19-15-11(12)2-4-18-15;1-8-6-3-2-4-7-5-6/h2-5,8,10H,6-7,9H2,1H3,(H,18,19)(H2,17,20,21);2-5H,1H3. The Kier molecular flexibility index (Phi) is 6.63. The van der Waals surface area contributed by atoms with Crippen LogP contribution in [0.3, 0.4) is 0 Å². The van der Waals surface area contributed by atoms with E-state index in [1.165, 1.54) is 4.90 Å². The van der Waals surface area contributed by atoms with Crippen molar-refractivity contribution in [1.29, 1.82) is 0 Å². The van der Waals surface area contributed by atoms with Crippen molar-refractivity contribution in [1.82, 2.24) is 24.9 Å². The molecule has 160 valence electrons. The van der Waals surface area contributed by atoms with E-state index < -0.39 is 0 Å². The van der Waals surface area contributed by atoms with Crippen LogP contribution in [-0.4, -0.2) is 57.0 Å². The summed E-state index contributed by atoms with van der Waals surface area (Å²) in [6, 6.07) is 9.94. The van der Waals surface area contributed by atoms with E-state index in [2.05, 4.69) is 31.8 Å². The Morgan fingerprint density at radius 2 is 2.13 bits per heavy atom. The number of hydrogen-bond donors (Lipinski definition) is 2. The van der Waals surface area contributed by atoms with Gasteiger partial charge in [-0.15, -0.1) is 11.8 Å². The molecule has 0 bridgehead atoms. The lowest BCUT2D eigenvalue weighted by Gasteiger charge is -2.34. The summed E-state index contributed by atoms with van der Waals surface area (Å²) < 4.78 is 5.50. The molecule has 1 fully saturated rings. The van der Waals surface area contributed by atoms with Gasteiger partial charge in [-0.2, -0.15) is 0 Å². The van der Waals surface area contributed by atoms with Gasteiger partial charge in [-0.3, -0.25) is 4.98 Å². The van der Waals surface area contributed by atoms with Crippen molar-refractivity contribution in [3.63, 3.8) is 0 Å². The fourth-order valence-corrected chi connectivity index (χ4v) is 3.79. The Hall–Kier alpha value is -3.17. The van der Waals surface area contributed by atoms with Gasteiger partial charge in [0.1, 0.15) is 17.3 Å². The number of nitrogens with zero attached hydrogens (tertiary/aromatic N) is 5. The highest BCUT2D eigenvalue weighted by molar-refractivity contribution is 7.98. The van der Waals surface area contributed by atoms with Gasteiger partial charge in [0.15, 0.2) is 5.82 Å². The molecule has 3 N–H and O–H groups in total. The molecular weight excluding hydrogens is 410 g/mol. The number of anilines is 2. The Balaban J connectivity index is 0.000000245. The van der Waals surface area contributed by atoms with Crippen molar-refractivity contribution in [3.05, 3.63) is 55.1 Å². The first kappa shape index (κ1) is 21.1. The van der Waals surface area contributed by atoms with Gasteiger partial charge in [-0.1, -0.05) is 0 Å². The van der Waals surface area contributed by atoms with Crippen molar-refractivity contribution in [3.8, 4) is 11.4 Å². The summed E-state index contributed by atoms with van der Waals surface area (Å²) in [6.45, 7) is 4.30. The minimum absolute atomic E-state index is 0.260. The Labute approximate surface area is 185 Å². The molecule has 9 heteroatoms. The van der Waals surface area contributed by atoms with E-state index >= 15 is 0 Å². The van der Waals surface area contributed by atoms with Crippen LogP contribution in [0.4, 0.5) is 11.6 Å². The monoisotopic (exact) mass is 435 g/mol. The van der Waals surface area contributed by atoms with E-state index in [1.807, 2.05) is 49.0 Å². The number of morpholine rings is 1. The first-order valence-corrected chi connectivity index (χ1v) is 11.2. The molecule has 1 atom stereocenters. The maximum absolute atomic E-state index is 6.04. The molecule has 5 rings (SSSR count). The fraction of sp³-hybridized carbons (Fsp3) is 0.273. The van der Waals surface area contributed by atoms with Gasteiger partial charge in [0.05, 0.1) is 19.3 Å². The molecule has 4 aromatic heterocycles. The lowest BCUT2D eigenvalue weighted by Crippen LogP contribution is -2.44. The smallest absolute Gasteiger partial charge is 0.164 e. The van der Waals surface area contributed by atoms with E-state index in [4.69, 9.17) is 15.5 Å². The van der Waals surface area contributed by atoms with Crippen molar-refractivity contribution in [2.75, 3.05) is 36.6 Å². The third kappa shape index (κ3) is 4.95. The molecule has 0 radical (unpaired) electrons. The first-order chi connectivity index (χ1) is 15.2. The van der Waals surface area contributed by atoms with Crippen molar-refractivity contribution in [2.45, 2.75) is 17.9 Å². The van der Waals surface area contributed by atoms with Gasteiger partial charge >= 0.3 is 0 Å². The molecule has 0 spiro atoms. The Bertz CT molecular complexity index is 1140. The summed E-state index contributed by atoms with van der Waals surface area (Å²) in [5.41, 5.74) is 7.77. The zero-order valence-electron chi connectivity index (χ0n) is 17.5. The number of nitrogen functional groups attached to an aromatic ring is 1. The number of rotatable bonds is 3. The predicted molar refractivity (Wildman–Crippen MR) is 125 cm³/mol. The molecule has 1 aliphatic heterocycles. The highest BCUT2D eigenvalue weighted by Crippen LogP contribution is 2.28. The summed E-state index contributed by atoms with van der Waals surface area (Å²) in [6.07, 6.45) is 9.28. The van der Waals surface area contributed by atoms with E-state index in [1.54, 1.807) is 24.2 Å². The molecular formula is C22H25N7OS. The molecule has 31 heavy (non-hydrogen) atoms. The van der Waals surface area contributed by atoms with Gasteiger partial charge in [0.2, 0.25) is 0 Å². The number of aromatic amines is 1. The Morgan fingerprint density at radius 1 is 1.23 bits per heavy atom. The van der Waals surface area contributed by atoms with Crippen LogP contribution in [-0.2, 0) is 4.74 Å². The van der Waals surface area contributed by atoms with Crippen LogP contribution in [0.5, 0.6) is 0 Å². The van der Waals surface area contributed by atoms with Gasteiger partial charge in [-0.05, 0) is 37.4 Å². The fourth-order valence-electron chi connectivity index (χ4n) is 3.41. The molecule has 0 saturated carbocycles. The quantitative estimate of drug-likeness (QED) is 0.470. The second kappa shape index (κ2) is 9.76. The summed E-state index contributed by atoms with van der Waals surface area (Å²) in [5, 5.41) is 0.985.